The maximum absolute atomic E-state index is 13.2. The Hall–Kier alpha value is -2.45. The van der Waals surface area contributed by atoms with Gasteiger partial charge in [0, 0.05) is 10.0 Å². The summed E-state index contributed by atoms with van der Waals surface area (Å²) in [7, 11) is 0. The largest absolute Gasteiger partial charge is 0.269 e. The number of carbonyl (C=O) groups is 2. The second kappa shape index (κ2) is 5.74. The number of hydrogen-bond donors (Lipinski definition) is 0. The molecule has 0 atom stereocenters. The highest BCUT2D eigenvalue weighted by Gasteiger charge is 2.34. The Morgan fingerprint density at radius 1 is 1.05 bits per heavy atom. The van der Waals surface area contributed by atoms with Crippen molar-refractivity contribution in [1.29, 1.82) is 0 Å². The van der Waals surface area contributed by atoms with Crippen LogP contribution in [0.2, 0.25) is 0 Å². The highest BCUT2D eigenvalue weighted by molar-refractivity contribution is 9.10. The van der Waals surface area contributed by atoms with Crippen molar-refractivity contribution in [2.75, 3.05) is 6.54 Å². The lowest BCUT2D eigenvalue weighted by atomic mass is 10.1. The second-order valence-electron chi connectivity index (χ2n) is 4.70. The first-order chi connectivity index (χ1) is 10.6. The minimum Gasteiger partial charge on any atom is -0.269 e. The van der Waals surface area contributed by atoms with E-state index in [9.17, 15) is 14.0 Å². The molecule has 22 heavy (non-hydrogen) atoms. The van der Waals surface area contributed by atoms with Gasteiger partial charge in [0.1, 0.15) is 5.82 Å². The van der Waals surface area contributed by atoms with Gasteiger partial charge in [-0.3, -0.25) is 14.5 Å². The maximum atomic E-state index is 13.2. The fraction of sp³-hybridized carbons (Fsp3) is 0.0588. The van der Waals surface area contributed by atoms with Gasteiger partial charge in [-0.2, -0.15) is 0 Å². The molecule has 0 radical (unpaired) electrons. The highest BCUT2D eigenvalue weighted by atomic mass is 79.9. The van der Waals surface area contributed by atoms with Gasteiger partial charge < -0.3 is 0 Å². The highest BCUT2D eigenvalue weighted by Crippen LogP contribution is 2.21. The SMILES string of the molecule is O=C1c2ccccc2C(=O)N1CC#Cc1cc(F)cc(Br)c1. The van der Waals surface area contributed by atoms with E-state index in [0.717, 1.165) is 4.90 Å². The Morgan fingerprint density at radius 3 is 2.27 bits per heavy atom. The minimum atomic E-state index is -0.403. The number of nitrogens with zero attached hydrogens (tertiary/aromatic N) is 1. The molecule has 2 amide bonds. The van der Waals surface area contributed by atoms with Crippen LogP contribution in [0.3, 0.4) is 0 Å². The molecule has 0 saturated heterocycles. The fourth-order valence-electron chi connectivity index (χ4n) is 2.23. The lowest BCUT2D eigenvalue weighted by Crippen LogP contribution is -2.29. The topological polar surface area (TPSA) is 37.4 Å². The van der Waals surface area contributed by atoms with Crippen molar-refractivity contribution in [3.63, 3.8) is 0 Å². The van der Waals surface area contributed by atoms with Crippen LogP contribution in [0.25, 0.3) is 0 Å². The van der Waals surface area contributed by atoms with E-state index in [1.807, 2.05) is 0 Å². The van der Waals surface area contributed by atoms with Gasteiger partial charge in [-0.15, -0.1) is 0 Å². The van der Waals surface area contributed by atoms with Crippen LogP contribution in [0.5, 0.6) is 0 Å². The minimum absolute atomic E-state index is 0.0273. The Bertz CT molecular complexity index is 796. The fourth-order valence-corrected chi connectivity index (χ4v) is 2.69. The number of imide groups is 1. The monoisotopic (exact) mass is 357 g/mol. The van der Waals surface area contributed by atoms with Crippen molar-refractivity contribution in [3.05, 3.63) is 69.4 Å². The van der Waals surface area contributed by atoms with Crippen LogP contribution in [0.4, 0.5) is 4.39 Å². The molecule has 0 unspecified atom stereocenters. The standard InChI is InChI=1S/C17H9BrFNO2/c18-12-8-11(9-13(19)10-12)4-3-7-20-16(21)14-5-1-2-6-15(14)17(20)22/h1-2,5-6,8-10H,7H2. The van der Waals surface area contributed by atoms with Crippen LogP contribution in [-0.2, 0) is 0 Å². The number of benzene rings is 2. The van der Waals surface area contributed by atoms with Gasteiger partial charge in [0.2, 0.25) is 0 Å². The number of carbonyl (C=O) groups excluding carboxylic acids is 2. The summed E-state index contributed by atoms with van der Waals surface area (Å²) < 4.78 is 13.8. The summed E-state index contributed by atoms with van der Waals surface area (Å²) in [6.07, 6.45) is 0. The summed E-state index contributed by atoms with van der Waals surface area (Å²) in [6.45, 7) is -0.0273. The molecule has 0 saturated carbocycles. The molecule has 0 aliphatic carbocycles. The van der Waals surface area contributed by atoms with Crippen molar-refractivity contribution < 1.29 is 14.0 Å². The van der Waals surface area contributed by atoms with E-state index in [-0.39, 0.29) is 18.4 Å². The first-order valence-electron chi connectivity index (χ1n) is 6.46. The van der Waals surface area contributed by atoms with Crippen molar-refractivity contribution in [1.82, 2.24) is 4.90 Å². The van der Waals surface area contributed by atoms with Crippen molar-refractivity contribution in [2.24, 2.45) is 0 Å². The van der Waals surface area contributed by atoms with E-state index in [4.69, 9.17) is 0 Å². The molecule has 0 bridgehead atoms. The molecule has 3 nitrogen and oxygen atoms in total. The van der Waals surface area contributed by atoms with E-state index >= 15 is 0 Å². The molecule has 0 aromatic heterocycles. The van der Waals surface area contributed by atoms with Gasteiger partial charge in [-0.05, 0) is 30.3 Å². The van der Waals surface area contributed by atoms with Crippen LogP contribution < -0.4 is 0 Å². The maximum Gasteiger partial charge on any atom is 0.262 e. The van der Waals surface area contributed by atoms with E-state index in [1.165, 1.54) is 12.1 Å². The summed E-state index contributed by atoms with van der Waals surface area (Å²) in [5.41, 5.74) is 1.26. The quantitative estimate of drug-likeness (QED) is 0.580. The molecule has 3 rings (SSSR count). The molecule has 1 heterocycles. The summed E-state index contributed by atoms with van der Waals surface area (Å²) in [4.78, 5) is 25.3. The van der Waals surface area contributed by atoms with E-state index < -0.39 is 5.82 Å². The summed E-state index contributed by atoms with van der Waals surface area (Å²) in [5, 5.41) is 0. The third-order valence-corrected chi connectivity index (χ3v) is 3.67. The van der Waals surface area contributed by atoms with Crippen molar-refractivity contribution in [3.8, 4) is 11.8 Å². The molecular weight excluding hydrogens is 349 g/mol. The average Bonchev–Trinajstić information content (AvgIpc) is 2.72. The summed E-state index contributed by atoms with van der Waals surface area (Å²) in [6, 6.07) is 10.9. The summed E-state index contributed by atoms with van der Waals surface area (Å²) in [5.74, 6) is 4.39. The zero-order valence-corrected chi connectivity index (χ0v) is 12.9. The normalized spacial score (nSPS) is 12.9. The molecule has 1 aliphatic rings. The Morgan fingerprint density at radius 2 is 1.68 bits per heavy atom. The number of amides is 2. The van der Waals surface area contributed by atoms with Crippen LogP contribution in [-0.4, -0.2) is 23.3 Å². The zero-order valence-electron chi connectivity index (χ0n) is 11.3. The van der Waals surface area contributed by atoms with Crippen LogP contribution in [0.15, 0.2) is 46.9 Å². The van der Waals surface area contributed by atoms with E-state index in [0.29, 0.717) is 21.2 Å². The molecule has 2 aromatic rings. The lowest BCUT2D eigenvalue weighted by molar-refractivity contribution is 0.0675. The Kier molecular flexibility index (Phi) is 3.78. The van der Waals surface area contributed by atoms with Gasteiger partial charge >= 0.3 is 0 Å². The van der Waals surface area contributed by atoms with Gasteiger partial charge in [-0.1, -0.05) is 39.9 Å². The number of halogens is 2. The van der Waals surface area contributed by atoms with E-state index in [1.54, 1.807) is 30.3 Å². The number of fused-ring (bicyclic) bond motifs is 1. The predicted molar refractivity (Wildman–Crippen MR) is 82.8 cm³/mol. The van der Waals surface area contributed by atoms with Crippen molar-refractivity contribution >= 4 is 27.7 Å². The first-order valence-corrected chi connectivity index (χ1v) is 7.26. The van der Waals surface area contributed by atoms with Gasteiger partial charge in [0.15, 0.2) is 0 Å². The third-order valence-electron chi connectivity index (χ3n) is 3.21. The van der Waals surface area contributed by atoms with E-state index in [2.05, 4.69) is 27.8 Å². The Balaban J connectivity index is 1.80. The van der Waals surface area contributed by atoms with Crippen LogP contribution in [0.1, 0.15) is 26.3 Å². The van der Waals surface area contributed by atoms with Gasteiger partial charge in [-0.25, -0.2) is 4.39 Å². The molecule has 1 aliphatic heterocycles. The molecule has 5 heteroatoms. The molecular formula is C17H9BrFNO2. The average molecular weight is 358 g/mol. The van der Waals surface area contributed by atoms with Gasteiger partial charge in [0.25, 0.3) is 11.8 Å². The molecule has 0 N–H and O–H groups in total. The van der Waals surface area contributed by atoms with Crippen LogP contribution in [0, 0.1) is 17.7 Å². The zero-order chi connectivity index (χ0) is 15.7. The number of hydrogen-bond acceptors (Lipinski definition) is 2. The molecule has 2 aromatic carbocycles. The third kappa shape index (κ3) is 2.66. The molecule has 108 valence electrons. The molecule has 0 fully saturated rings. The second-order valence-corrected chi connectivity index (χ2v) is 5.62. The lowest BCUT2D eigenvalue weighted by Gasteiger charge is -2.08. The number of rotatable bonds is 1. The molecule has 0 spiro atoms. The smallest absolute Gasteiger partial charge is 0.262 e. The summed E-state index contributed by atoms with van der Waals surface area (Å²) >= 11 is 3.18. The predicted octanol–water partition coefficient (Wildman–Crippen LogP) is 3.24. The van der Waals surface area contributed by atoms with Crippen LogP contribution >= 0.6 is 15.9 Å². The Labute approximate surface area is 134 Å². The first kappa shape index (κ1) is 14.5. The van der Waals surface area contributed by atoms with Gasteiger partial charge in [0.05, 0.1) is 17.7 Å². The van der Waals surface area contributed by atoms with Crippen molar-refractivity contribution in [2.45, 2.75) is 0 Å².